The van der Waals surface area contributed by atoms with Crippen LogP contribution in [0.4, 0.5) is 0 Å². The summed E-state index contributed by atoms with van der Waals surface area (Å²) in [7, 11) is 1.88. The third kappa shape index (κ3) is 3.75. The van der Waals surface area contributed by atoms with Crippen molar-refractivity contribution < 1.29 is 9.26 Å². The molecule has 2 heterocycles. The molecule has 0 spiro atoms. The van der Waals surface area contributed by atoms with Crippen LogP contribution in [0.5, 0.6) is 5.75 Å². The van der Waals surface area contributed by atoms with Crippen molar-refractivity contribution >= 4 is 0 Å². The summed E-state index contributed by atoms with van der Waals surface area (Å²) < 4.78 is 10.6. The molecule has 102 valence electrons. The van der Waals surface area contributed by atoms with Crippen LogP contribution < -0.4 is 10.1 Å². The van der Waals surface area contributed by atoms with Crippen LogP contribution in [-0.4, -0.2) is 22.2 Å². The second kappa shape index (κ2) is 6.29. The molecule has 1 N–H and O–H groups in total. The van der Waals surface area contributed by atoms with Crippen molar-refractivity contribution in [2.45, 2.75) is 32.9 Å². The molecular weight excluding hydrogens is 244 g/mol. The minimum absolute atomic E-state index is 0.250. The smallest absolute Gasteiger partial charge is 0.264 e. The highest BCUT2D eigenvalue weighted by Gasteiger charge is 2.09. The van der Waals surface area contributed by atoms with Crippen molar-refractivity contribution in [3.63, 3.8) is 0 Å². The second-order valence-electron chi connectivity index (χ2n) is 4.51. The third-order valence-electron chi connectivity index (χ3n) is 2.52. The summed E-state index contributed by atoms with van der Waals surface area (Å²) in [6, 6.07) is 3.79. The van der Waals surface area contributed by atoms with Crippen LogP contribution in [-0.2, 0) is 13.2 Å². The lowest BCUT2D eigenvalue weighted by atomic mass is 10.2. The molecule has 0 saturated heterocycles. The highest BCUT2D eigenvalue weighted by molar-refractivity contribution is 5.19. The van der Waals surface area contributed by atoms with Gasteiger partial charge in [0.15, 0.2) is 12.4 Å². The molecule has 0 unspecified atom stereocenters. The molecule has 0 radical (unpaired) electrons. The van der Waals surface area contributed by atoms with E-state index in [9.17, 15) is 0 Å². The lowest BCUT2D eigenvalue weighted by Crippen LogP contribution is -2.06. The minimum Gasteiger partial charge on any atom is -0.482 e. The second-order valence-corrected chi connectivity index (χ2v) is 4.51. The van der Waals surface area contributed by atoms with Crippen molar-refractivity contribution in [3.8, 4) is 5.75 Å². The topological polar surface area (TPSA) is 73.1 Å². The maximum Gasteiger partial charge on any atom is 0.264 e. The van der Waals surface area contributed by atoms with E-state index in [4.69, 9.17) is 9.26 Å². The predicted octanol–water partition coefficient (Wildman–Crippen LogP) is 1.89. The molecule has 0 atom stereocenters. The van der Waals surface area contributed by atoms with E-state index in [0.717, 1.165) is 12.2 Å². The van der Waals surface area contributed by atoms with Gasteiger partial charge >= 0.3 is 0 Å². The number of rotatable bonds is 6. The van der Waals surface area contributed by atoms with Gasteiger partial charge in [-0.25, -0.2) is 0 Å². The maximum atomic E-state index is 5.54. The van der Waals surface area contributed by atoms with Crippen LogP contribution in [0, 0.1) is 0 Å². The number of nitrogens with one attached hydrogen (secondary N) is 1. The van der Waals surface area contributed by atoms with Gasteiger partial charge in [-0.15, -0.1) is 0 Å². The summed E-state index contributed by atoms with van der Waals surface area (Å²) >= 11 is 0. The molecule has 0 aliphatic carbocycles. The van der Waals surface area contributed by atoms with Crippen molar-refractivity contribution in [1.29, 1.82) is 0 Å². The third-order valence-corrected chi connectivity index (χ3v) is 2.52. The molecule has 0 bridgehead atoms. The Balaban J connectivity index is 1.90. The standard InChI is InChI=1S/C13H18N4O2/c1-9(2)13-16-12(19-17-13)8-18-11-5-4-10(6-14-3)15-7-11/h4-5,7,9,14H,6,8H2,1-3H3. The van der Waals surface area contributed by atoms with Gasteiger partial charge in [0.2, 0.25) is 0 Å². The zero-order chi connectivity index (χ0) is 13.7. The number of hydrogen-bond donors (Lipinski definition) is 1. The Morgan fingerprint density at radius 1 is 1.37 bits per heavy atom. The van der Waals surface area contributed by atoms with E-state index in [1.165, 1.54) is 0 Å². The molecule has 0 amide bonds. The first-order valence-electron chi connectivity index (χ1n) is 6.24. The van der Waals surface area contributed by atoms with Gasteiger partial charge in [0.05, 0.1) is 11.9 Å². The number of aromatic nitrogens is 3. The number of nitrogens with zero attached hydrogens (tertiary/aromatic N) is 3. The average Bonchev–Trinajstić information content (AvgIpc) is 2.87. The van der Waals surface area contributed by atoms with Crippen molar-refractivity contribution in [3.05, 3.63) is 35.7 Å². The highest BCUT2D eigenvalue weighted by atomic mass is 16.5. The molecule has 2 aromatic rings. The van der Waals surface area contributed by atoms with E-state index in [-0.39, 0.29) is 12.5 Å². The van der Waals surface area contributed by atoms with E-state index in [2.05, 4.69) is 20.4 Å². The molecule has 2 rings (SSSR count). The van der Waals surface area contributed by atoms with Gasteiger partial charge < -0.3 is 14.6 Å². The molecule has 0 aliphatic heterocycles. The Bertz CT molecular complexity index is 508. The van der Waals surface area contributed by atoms with Gasteiger partial charge in [0.25, 0.3) is 5.89 Å². The van der Waals surface area contributed by atoms with Crippen molar-refractivity contribution in [2.75, 3.05) is 7.05 Å². The van der Waals surface area contributed by atoms with Crippen LogP contribution in [0.15, 0.2) is 22.9 Å². The SMILES string of the molecule is CNCc1ccc(OCc2nc(C(C)C)no2)cn1. The van der Waals surface area contributed by atoms with Crippen molar-refractivity contribution in [2.24, 2.45) is 0 Å². The van der Waals surface area contributed by atoms with E-state index in [1.54, 1.807) is 6.20 Å². The van der Waals surface area contributed by atoms with E-state index >= 15 is 0 Å². The summed E-state index contributed by atoms with van der Waals surface area (Å²) in [6.07, 6.45) is 1.69. The molecule has 0 fully saturated rings. The van der Waals surface area contributed by atoms with E-state index < -0.39 is 0 Å². The predicted molar refractivity (Wildman–Crippen MR) is 69.7 cm³/mol. The Kier molecular flexibility index (Phi) is 4.46. The Morgan fingerprint density at radius 2 is 2.21 bits per heavy atom. The summed E-state index contributed by atoms with van der Waals surface area (Å²) in [5.41, 5.74) is 0.967. The van der Waals surface area contributed by atoms with Gasteiger partial charge in [-0.3, -0.25) is 4.98 Å². The van der Waals surface area contributed by atoms with Crippen LogP contribution in [0.1, 0.15) is 37.2 Å². The fourth-order valence-corrected chi connectivity index (χ4v) is 1.49. The van der Waals surface area contributed by atoms with Gasteiger partial charge in [0, 0.05) is 12.5 Å². The molecule has 0 aliphatic rings. The molecule has 0 aromatic carbocycles. The summed E-state index contributed by atoms with van der Waals surface area (Å²) in [5, 5.41) is 6.91. The highest BCUT2D eigenvalue weighted by Crippen LogP contribution is 2.13. The Labute approximate surface area is 112 Å². The van der Waals surface area contributed by atoms with E-state index in [1.807, 2.05) is 33.0 Å². The Hall–Kier alpha value is -1.95. The lowest BCUT2D eigenvalue weighted by Gasteiger charge is -2.03. The monoisotopic (exact) mass is 262 g/mol. The largest absolute Gasteiger partial charge is 0.482 e. The first kappa shape index (κ1) is 13.5. The van der Waals surface area contributed by atoms with Gasteiger partial charge in [0.1, 0.15) is 5.75 Å². The van der Waals surface area contributed by atoms with Gasteiger partial charge in [-0.2, -0.15) is 4.98 Å². The fourth-order valence-electron chi connectivity index (χ4n) is 1.49. The lowest BCUT2D eigenvalue weighted by molar-refractivity contribution is 0.241. The normalized spacial score (nSPS) is 10.9. The number of ether oxygens (including phenoxy) is 1. The fraction of sp³-hybridized carbons (Fsp3) is 0.462. The molecule has 2 aromatic heterocycles. The molecule has 0 saturated carbocycles. The summed E-state index contributed by atoms with van der Waals surface area (Å²) in [4.78, 5) is 8.50. The minimum atomic E-state index is 0.250. The number of pyridine rings is 1. The van der Waals surface area contributed by atoms with Crippen LogP contribution in [0.25, 0.3) is 0 Å². The molecular formula is C13H18N4O2. The Morgan fingerprint density at radius 3 is 2.79 bits per heavy atom. The summed E-state index contributed by atoms with van der Waals surface area (Å²) in [5.74, 6) is 2.10. The zero-order valence-electron chi connectivity index (χ0n) is 11.4. The quantitative estimate of drug-likeness (QED) is 0.857. The average molecular weight is 262 g/mol. The number of hydrogen-bond acceptors (Lipinski definition) is 6. The first-order chi connectivity index (χ1) is 9.19. The molecule has 6 nitrogen and oxygen atoms in total. The van der Waals surface area contributed by atoms with E-state index in [0.29, 0.717) is 17.5 Å². The van der Waals surface area contributed by atoms with Crippen LogP contribution in [0.3, 0.4) is 0 Å². The van der Waals surface area contributed by atoms with Crippen LogP contribution >= 0.6 is 0 Å². The first-order valence-corrected chi connectivity index (χ1v) is 6.24. The zero-order valence-corrected chi connectivity index (χ0v) is 11.4. The molecule has 19 heavy (non-hydrogen) atoms. The maximum absolute atomic E-state index is 5.54. The molecule has 6 heteroatoms. The van der Waals surface area contributed by atoms with Gasteiger partial charge in [-0.05, 0) is 19.2 Å². The summed E-state index contributed by atoms with van der Waals surface area (Å²) in [6.45, 7) is 5.02. The van der Waals surface area contributed by atoms with Crippen molar-refractivity contribution in [1.82, 2.24) is 20.4 Å². The van der Waals surface area contributed by atoms with Gasteiger partial charge in [-0.1, -0.05) is 19.0 Å². The van der Waals surface area contributed by atoms with Crippen LogP contribution in [0.2, 0.25) is 0 Å².